The SMILES string of the molecule is CCc1cccc(NC(=O)CNC(=NC)N(C)Cc2ccc(OC)cc2)c1.I. The Kier molecular flexibility index (Phi) is 10.4. The van der Waals surface area contributed by atoms with E-state index in [1.54, 1.807) is 14.2 Å². The zero-order chi connectivity index (χ0) is 19.6. The molecule has 0 bridgehead atoms. The number of aryl methyl sites for hydroxylation is 1. The highest BCUT2D eigenvalue weighted by Gasteiger charge is 2.09. The first-order valence-corrected chi connectivity index (χ1v) is 8.99. The van der Waals surface area contributed by atoms with Gasteiger partial charge in [0.25, 0.3) is 0 Å². The first-order valence-electron chi connectivity index (χ1n) is 8.99. The zero-order valence-electron chi connectivity index (χ0n) is 16.9. The number of benzene rings is 2. The number of amides is 1. The molecular weight excluding hydrogens is 467 g/mol. The molecule has 0 aromatic heterocycles. The highest BCUT2D eigenvalue weighted by atomic mass is 127. The number of nitrogens with zero attached hydrogens (tertiary/aromatic N) is 2. The first-order chi connectivity index (χ1) is 13.0. The topological polar surface area (TPSA) is 66.0 Å². The average Bonchev–Trinajstić information content (AvgIpc) is 2.69. The standard InChI is InChI=1S/C21H28N4O2.HI/c1-5-16-7-6-8-18(13-16)24-20(26)14-23-21(22-2)25(3)15-17-9-11-19(27-4)12-10-17;/h6-13H,5,14-15H2,1-4H3,(H,22,23)(H,24,26);1H. The quantitative estimate of drug-likeness (QED) is 0.350. The maximum atomic E-state index is 12.2. The number of carbonyl (C=O) groups is 1. The molecule has 0 saturated heterocycles. The second-order valence-corrected chi connectivity index (χ2v) is 6.21. The molecule has 0 atom stereocenters. The Hall–Kier alpha value is -2.29. The average molecular weight is 496 g/mol. The van der Waals surface area contributed by atoms with Gasteiger partial charge in [0.05, 0.1) is 13.7 Å². The van der Waals surface area contributed by atoms with Gasteiger partial charge in [-0.15, -0.1) is 24.0 Å². The van der Waals surface area contributed by atoms with Crippen LogP contribution < -0.4 is 15.4 Å². The van der Waals surface area contributed by atoms with Crippen LogP contribution in [-0.2, 0) is 17.8 Å². The Morgan fingerprint density at radius 3 is 2.46 bits per heavy atom. The Bertz CT molecular complexity index is 778. The zero-order valence-corrected chi connectivity index (χ0v) is 19.2. The molecule has 0 unspecified atom stereocenters. The molecule has 0 radical (unpaired) electrons. The van der Waals surface area contributed by atoms with Crippen molar-refractivity contribution < 1.29 is 9.53 Å². The maximum absolute atomic E-state index is 12.2. The van der Waals surface area contributed by atoms with E-state index < -0.39 is 0 Å². The molecule has 7 heteroatoms. The van der Waals surface area contributed by atoms with Crippen LogP contribution in [0.4, 0.5) is 5.69 Å². The van der Waals surface area contributed by atoms with Crippen molar-refractivity contribution in [2.45, 2.75) is 19.9 Å². The lowest BCUT2D eigenvalue weighted by Crippen LogP contribution is -2.42. The molecule has 6 nitrogen and oxygen atoms in total. The Labute approximate surface area is 184 Å². The fourth-order valence-electron chi connectivity index (χ4n) is 2.70. The Balaban J connectivity index is 0.00000392. The fourth-order valence-corrected chi connectivity index (χ4v) is 2.70. The summed E-state index contributed by atoms with van der Waals surface area (Å²) in [6.45, 7) is 2.91. The minimum absolute atomic E-state index is 0. The van der Waals surface area contributed by atoms with Crippen LogP contribution >= 0.6 is 24.0 Å². The van der Waals surface area contributed by atoms with Crippen LogP contribution in [0.3, 0.4) is 0 Å². The first kappa shape index (κ1) is 23.7. The smallest absolute Gasteiger partial charge is 0.243 e. The third kappa shape index (κ3) is 7.38. The van der Waals surface area contributed by atoms with E-state index in [-0.39, 0.29) is 36.4 Å². The number of rotatable bonds is 7. The number of ether oxygens (including phenoxy) is 1. The van der Waals surface area contributed by atoms with Crippen LogP contribution in [0.15, 0.2) is 53.5 Å². The van der Waals surface area contributed by atoms with E-state index in [0.717, 1.165) is 23.4 Å². The molecule has 2 N–H and O–H groups in total. The van der Waals surface area contributed by atoms with Crippen LogP contribution in [0.25, 0.3) is 0 Å². The van der Waals surface area contributed by atoms with Crippen molar-refractivity contribution in [2.24, 2.45) is 4.99 Å². The molecule has 2 aromatic carbocycles. The summed E-state index contributed by atoms with van der Waals surface area (Å²) in [5.74, 6) is 1.37. The molecule has 0 fully saturated rings. The number of hydrogen-bond acceptors (Lipinski definition) is 3. The maximum Gasteiger partial charge on any atom is 0.243 e. The number of hydrogen-bond donors (Lipinski definition) is 2. The van der Waals surface area contributed by atoms with Crippen molar-refractivity contribution in [3.8, 4) is 5.75 Å². The van der Waals surface area contributed by atoms with Crippen LogP contribution in [0, 0.1) is 0 Å². The van der Waals surface area contributed by atoms with E-state index in [9.17, 15) is 4.79 Å². The number of carbonyl (C=O) groups excluding carboxylic acids is 1. The van der Waals surface area contributed by atoms with Crippen molar-refractivity contribution in [3.05, 3.63) is 59.7 Å². The van der Waals surface area contributed by atoms with Crippen LogP contribution in [0.1, 0.15) is 18.1 Å². The Morgan fingerprint density at radius 2 is 1.86 bits per heavy atom. The van der Waals surface area contributed by atoms with E-state index in [1.165, 1.54) is 5.56 Å². The molecule has 0 aliphatic rings. The van der Waals surface area contributed by atoms with E-state index in [0.29, 0.717) is 12.5 Å². The number of guanidine groups is 1. The normalized spacial score (nSPS) is 10.6. The van der Waals surface area contributed by atoms with Gasteiger partial charge in [-0.25, -0.2) is 0 Å². The van der Waals surface area contributed by atoms with Gasteiger partial charge in [-0.05, 0) is 41.8 Å². The van der Waals surface area contributed by atoms with Crippen molar-refractivity contribution in [1.82, 2.24) is 10.2 Å². The molecule has 2 aromatic rings. The van der Waals surface area contributed by atoms with Gasteiger partial charge < -0.3 is 20.3 Å². The second kappa shape index (κ2) is 12.2. The van der Waals surface area contributed by atoms with Crippen molar-refractivity contribution in [2.75, 3.05) is 33.1 Å². The molecule has 28 heavy (non-hydrogen) atoms. The van der Waals surface area contributed by atoms with Crippen LogP contribution in [0.5, 0.6) is 5.75 Å². The lowest BCUT2D eigenvalue weighted by molar-refractivity contribution is -0.115. The largest absolute Gasteiger partial charge is 0.497 e. The highest BCUT2D eigenvalue weighted by molar-refractivity contribution is 14.0. The lowest BCUT2D eigenvalue weighted by Gasteiger charge is -2.22. The number of nitrogens with one attached hydrogen (secondary N) is 2. The third-order valence-electron chi connectivity index (χ3n) is 4.18. The monoisotopic (exact) mass is 496 g/mol. The summed E-state index contributed by atoms with van der Waals surface area (Å²) in [6.07, 6.45) is 0.935. The summed E-state index contributed by atoms with van der Waals surface area (Å²) in [5, 5.41) is 6.01. The van der Waals surface area contributed by atoms with Gasteiger partial charge in [0.15, 0.2) is 5.96 Å². The van der Waals surface area contributed by atoms with Gasteiger partial charge >= 0.3 is 0 Å². The summed E-state index contributed by atoms with van der Waals surface area (Å²) < 4.78 is 5.18. The van der Waals surface area contributed by atoms with Crippen LogP contribution in [0.2, 0.25) is 0 Å². The summed E-state index contributed by atoms with van der Waals surface area (Å²) in [5.41, 5.74) is 3.13. The Morgan fingerprint density at radius 1 is 1.14 bits per heavy atom. The predicted octanol–water partition coefficient (Wildman–Crippen LogP) is 3.52. The molecule has 1 amide bonds. The molecule has 0 aliphatic heterocycles. The van der Waals surface area contributed by atoms with E-state index in [4.69, 9.17) is 4.74 Å². The molecule has 0 heterocycles. The molecule has 152 valence electrons. The van der Waals surface area contributed by atoms with E-state index >= 15 is 0 Å². The minimum atomic E-state index is -0.109. The number of halogens is 1. The molecule has 2 rings (SSSR count). The third-order valence-corrected chi connectivity index (χ3v) is 4.18. The molecule has 0 spiro atoms. The van der Waals surface area contributed by atoms with Gasteiger partial charge in [-0.3, -0.25) is 9.79 Å². The second-order valence-electron chi connectivity index (χ2n) is 6.21. The number of aliphatic imine (C=N–C) groups is 1. The number of anilines is 1. The van der Waals surface area contributed by atoms with Crippen LogP contribution in [-0.4, -0.2) is 44.5 Å². The van der Waals surface area contributed by atoms with Crippen molar-refractivity contribution >= 4 is 41.5 Å². The molecule has 0 aliphatic carbocycles. The molecular formula is C21H29IN4O2. The van der Waals surface area contributed by atoms with Gasteiger partial charge in [0.1, 0.15) is 5.75 Å². The minimum Gasteiger partial charge on any atom is -0.497 e. The molecule has 0 saturated carbocycles. The lowest BCUT2D eigenvalue weighted by atomic mass is 10.1. The number of methoxy groups -OCH3 is 1. The fraction of sp³-hybridized carbons (Fsp3) is 0.333. The van der Waals surface area contributed by atoms with E-state index in [1.807, 2.05) is 60.5 Å². The van der Waals surface area contributed by atoms with Crippen molar-refractivity contribution in [1.29, 1.82) is 0 Å². The van der Waals surface area contributed by atoms with Gasteiger partial charge in [-0.1, -0.05) is 31.2 Å². The summed E-state index contributed by atoms with van der Waals surface area (Å²) in [4.78, 5) is 18.4. The highest BCUT2D eigenvalue weighted by Crippen LogP contribution is 2.13. The van der Waals surface area contributed by atoms with Gasteiger partial charge in [0.2, 0.25) is 5.91 Å². The van der Waals surface area contributed by atoms with Gasteiger partial charge in [-0.2, -0.15) is 0 Å². The summed E-state index contributed by atoms with van der Waals surface area (Å²) >= 11 is 0. The van der Waals surface area contributed by atoms with Crippen molar-refractivity contribution in [3.63, 3.8) is 0 Å². The van der Waals surface area contributed by atoms with Gasteiger partial charge in [0, 0.05) is 26.3 Å². The summed E-state index contributed by atoms with van der Waals surface area (Å²) in [7, 11) is 5.29. The van der Waals surface area contributed by atoms with E-state index in [2.05, 4.69) is 22.5 Å². The predicted molar refractivity (Wildman–Crippen MR) is 126 cm³/mol. The summed E-state index contributed by atoms with van der Waals surface area (Å²) in [6, 6.07) is 15.7.